The molecule has 0 atom stereocenters. The number of pyridine rings is 1. The van der Waals surface area contributed by atoms with Gasteiger partial charge in [-0.3, -0.25) is 0 Å². The van der Waals surface area contributed by atoms with E-state index in [-0.39, 0.29) is 0 Å². The van der Waals surface area contributed by atoms with E-state index in [0.717, 1.165) is 17.9 Å². The Hall–Kier alpha value is -1.39. The standard InChI is InChI=1S/C11H10ClN3S/c12-9-5-4-8(11(16)15-9)7-14-10-3-1-2-6-13-10/h1-5,7,13H,6H2,(H,15,16)/b14-7+. The van der Waals surface area contributed by atoms with Gasteiger partial charge >= 0.3 is 0 Å². The predicted molar refractivity (Wildman–Crippen MR) is 69.5 cm³/mol. The van der Waals surface area contributed by atoms with Gasteiger partial charge in [-0.15, -0.1) is 0 Å². The van der Waals surface area contributed by atoms with Crippen LogP contribution in [0.5, 0.6) is 0 Å². The van der Waals surface area contributed by atoms with Crippen LogP contribution in [-0.2, 0) is 0 Å². The van der Waals surface area contributed by atoms with E-state index in [9.17, 15) is 0 Å². The van der Waals surface area contributed by atoms with Crippen LogP contribution in [0.25, 0.3) is 0 Å². The molecule has 5 heteroatoms. The molecule has 3 nitrogen and oxygen atoms in total. The molecule has 0 spiro atoms. The van der Waals surface area contributed by atoms with Gasteiger partial charge in [-0.2, -0.15) is 0 Å². The lowest BCUT2D eigenvalue weighted by Crippen LogP contribution is -2.13. The highest BCUT2D eigenvalue weighted by atomic mass is 35.5. The van der Waals surface area contributed by atoms with Crippen LogP contribution in [0.4, 0.5) is 0 Å². The van der Waals surface area contributed by atoms with Crippen LogP contribution in [0.3, 0.4) is 0 Å². The summed E-state index contributed by atoms with van der Waals surface area (Å²) in [5.41, 5.74) is 0.844. The highest BCUT2D eigenvalue weighted by Crippen LogP contribution is 2.07. The number of aliphatic imine (C=N–C) groups is 1. The smallest absolute Gasteiger partial charge is 0.126 e. The summed E-state index contributed by atoms with van der Waals surface area (Å²) in [4.78, 5) is 7.15. The van der Waals surface area contributed by atoms with E-state index >= 15 is 0 Å². The average Bonchev–Trinajstić information content (AvgIpc) is 2.29. The number of halogens is 1. The van der Waals surface area contributed by atoms with Crippen molar-refractivity contribution >= 4 is 30.0 Å². The fraction of sp³-hybridized carbons (Fsp3) is 0.0909. The van der Waals surface area contributed by atoms with Crippen LogP contribution in [0.2, 0.25) is 5.15 Å². The van der Waals surface area contributed by atoms with Crippen LogP contribution in [0.1, 0.15) is 5.56 Å². The number of dihydropyridines is 1. The highest BCUT2D eigenvalue weighted by molar-refractivity contribution is 7.71. The van der Waals surface area contributed by atoms with E-state index in [1.165, 1.54) is 0 Å². The Morgan fingerprint density at radius 1 is 1.44 bits per heavy atom. The van der Waals surface area contributed by atoms with E-state index in [0.29, 0.717) is 9.79 Å². The first-order valence-corrected chi connectivity index (χ1v) is 5.58. The minimum Gasteiger partial charge on any atom is -0.367 e. The largest absolute Gasteiger partial charge is 0.367 e. The van der Waals surface area contributed by atoms with Gasteiger partial charge in [-0.05, 0) is 18.2 Å². The molecule has 0 unspecified atom stereocenters. The molecule has 0 bridgehead atoms. The van der Waals surface area contributed by atoms with Crippen molar-refractivity contribution in [3.63, 3.8) is 0 Å². The second kappa shape index (κ2) is 5.09. The average molecular weight is 252 g/mol. The zero-order valence-corrected chi connectivity index (χ0v) is 9.98. The number of aromatic amines is 1. The summed E-state index contributed by atoms with van der Waals surface area (Å²) in [5.74, 6) is 0.826. The molecule has 0 amide bonds. The molecule has 0 aromatic carbocycles. The molecular formula is C11H10ClN3S. The van der Waals surface area contributed by atoms with Gasteiger partial charge in [0.2, 0.25) is 0 Å². The molecule has 0 saturated carbocycles. The Morgan fingerprint density at radius 2 is 2.31 bits per heavy atom. The fourth-order valence-electron chi connectivity index (χ4n) is 1.24. The lowest BCUT2D eigenvalue weighted by molar-refractivity contribution is 0.876. The first-order valence-electron chi connectivity index (χ1n) is 4.79. The number of hydrogen-bond acceptors (Lipinski definition) is 3. The number of H-pyrrole nitrogens is 1. The molecular weight excluding hydrogens is 242 g/mol. The number of aromatic nitrogens is 1. The van der Waals surface area contributed by atoms with E-state index < -0.39 is 0 Å². The molecule has 2 rings (SSSR count). The Morgan fingerprint density at radius 3 is 3.00 bits per heavy atom. The maximum absolute atomic E-state index is 5.77. The maximum atomic E-state index is 5.77. The van der Waals surface area contributed by atoms with Gasteiger partial charge in [0.25, 0.3) is 0 Å². The van der Waals surface area contributed by atoms with Crippen LogP contribution in [-0.4, -0.2) is 17.7 Å². The number of nitrogens with zero attached hydrogens (tertiary/aromatic N) is 1. The minimum absolute atomic E-state index is 0.528. The van der Waals surface area contributed by atoms with Crippen LogP contribution in [0.15, 0.2) is 41.2 Å². The van der Waals surface area contributed by atoms with Gasteiger partial charge in [-0.1, -0.05) is 36.0 Å². The molecule has 0 fully saturated rings. The molecule has 0 saturated heterocycles. The van der Waals surface area contributed by atoms with Crippen molar-refractivity contribution in [1.82, 2.24) is 10.3 Å². The Balaban J connectivity index is 2.20. The molecule has 0 radical (unpaired) electrons. The van der Waals surface area contributed by atoms with Crippen molar-refractivity contribution in [3.8, 4) is 0 Å². The van der Waals surface area contributed by atoms with E-state index in [1.54, 1.807) is 12.3 Å². The van der Waals surface area contributed by atoms with Crippen LogP contribution >= 0.6 is 23.8 Å². The van der Waals surface area contributed by atoms with Crippen molar-refractivity contribution < 1.29 is 0 Å². The summed E-state index contributed by atoms with van der Waals surface area (Å²) in [6.45, 7) is 0.802. The van der Waals surface area contributed by atoms with E-state index in [4.69, 9.17) is 23.8 Å². The topological polar surface area (TPSA) is 40.2 Å². The molecule has 1 aromatic rings. The van der Waals surface area contributed by atoms with Crippen molar-refractivity contribution in [2.45, 2.75) is 0 Å². The zero-order chi connectivity index (χ0) is 11.4. The third-order valence-electron chi connectivity index (χ3n) is 2.04. The van der Waals surface area contributed by atoms with E-state index in [1.807, 2.05) is 24.3 Å². The van der Waals surface area contributed by atoms with Crippen molar-refractivity contribution in [3.05, 3.63) is 51.5 Å². The summed E-state index contributed by atoms with van der Waals surface area (Å²) >= 11 is 10.9. The van der Waals surface area contributed by atoms with Crippen LogP contribution in [0, 0.1) is 4.64 Å². The SMILES string of the molecule is S=c1[nH]c(Cl)ccc1/C=N/C1=CC=CCN1. The Bertz CT molecular complexity index is 528. The third-order valence-corrected chi connectivity index (χ3v) is 2.60. The second-order valence-corrected chi connectivity index (χ2v) is 4.03. The molecule has 82 valence electrons. The van der Waals surface area contributed by atoms with Gasteiger partial charge in [-0.25, -0.2) is 4.99 Å². The Kier molecular flexibility index (Phi) is 3.54. The molecule has 1 aromatic heterocycles. The lowest BCUT2D eigenvalue weighted by Gasteiger charge is -2.06. The first kappa shape index (κ1) is 11.1. The first-order chi connectivity index (χ1) is 7.75. The van der Waals surface area contributed by atoms with Crippen molar-refractivity contribution in [1.29, 1.82) is 0 Å². The summed E-state index contributed by atoms with van der Waals surface area (Å²) in [5, 5.41) is 3.65. The number of allylic oxidation sites excluding steroid dienone is 2. The number of nitrogens with one attached hydrogen (secondary N) is 2. The maximum Gasteiger partial charge on any atom is 0.126 e. The molecule has 16 heavy (non-hydrogen) atoms. The normalized spacial score (nSPS) is 14.9. The summed E-state index contributed by atoms with van der Waals surface area (Å²) in [7, 11) is 0. The monoisotopic (exact) mass is 251 g/mol. The quantitative estimate of drug-likeness (QED) is 0.482. The summed E-state index contributed by atoms with van der Waals surface area (Å²) in [6.07, 6.45) is 7.61. The van der Waals surface area contributed by atoms with Gasteiger partial charge in [0.05, 0.1) is 0 Å². The van der Waals surface area contributed by atoms with Crippen molar-refractivity contribution in [2.75, 3.05) is 6.54 Å². The van der Waals surface area contributed by atoms with Gasteiger partial charge in [0.1, 0.15) is 15.6 Å². The second-order valence-electron chi connectivity index (χ2n) is 3.21. The van der Waals surface area contributed by atoms with Gasteiger partial charge < -0.3 is 10.3 Å². The molecule has 2 N–H and O–H groups in total. The minimum atomic E-state index is 0.528. The van der Waals surface area contributed by atoms with Crippen molar-refractivity contribution in [2.24, 2.45) is 4.99 Å². The Labute approximate surface area is 104 Å². The van der Waals surface area contributed by atoms with Gasteiger partial charge in [0.15, 0.2) is 0 Å². The fourth-order valence-corrected chi connectivity index (χ4v) is 1.68. The zero-order valence-electron chi connectivity index (χ0n) is 8.40. The van der Waals surface area contributed by atoms with E-state index in [2.05, 4.69) is 15.3 Å². The molecule has 0 aliphatic carbocycles. The highest BCUT2D eigenvalue weighted by Gasteiger charge is 1.96. The predicted octanol–water partition coefficient (Wildman–Crippen LogP) is 2.82. The summed E-state index contributed by atoms with van der Waals surface area (Å²) < 4.78 is 0.586. The lowest BCUT2D eigenvalue weighted by atomic mass is 10.3. The van der Waals surface area contributed by atoms with Crippen LogP contribution < -0.4 is 5.32 Å². The number of hydrogen-bond donors (Lipinski definition) is 2. The molecule has 1 aliphatic rings. The molecule has 2 heterocycles. The number of rotatable bonds is 2. The van der Waals surface area contributed by atoms with Gasteiger partial charge in [0, 0.05) is 18.3 Å². The third kappa shape index (κ3) is 2.81. The summed E-state index contributed by atoms with van der Waals surface area (Å²) in [6, 6.07) is 3.59. The molecule has 1 aliphatic heterocycles.